The van der Waals surface area contributed by atoms with Gasteiger partial charge in [-0.25, -0.2) is 0 Å². The molecule has 1 atom stereocenters. The SMILES string of the molecule is CC(COCc1ccccc1)(C(=O)O)c1cc(C(F)(F)F)cc(C(F)(F)F)c1. The predicted octanol–water partition coefficient (Wildman–Crippen LogP) is 5.28. The van der Waals surface area contributed by atoms with Gasteiger partial charge in [-0.15, -0.1) is 0 Å². The minimum Gasteiger partial charge on any atom is -0.481 e. The van der Waals surface area contributed by atoms with Gasteiger partial charge in [-0.3, -0.25) is 4.79 Å². The molecule has 0 saturated carbocycles. The Bertz CT molecular complexity index is 798. The zero-order valence-electron chi connectivity index (χ0n) is 14.6. The largest absolute Gasteiger partial charge is 0.481 e. The van der Waals surface area contributed by atoms with Crippen molar-refractivity contribution in [3.8, 4) is 0 Å². The van der Waals surface area contributed by atoms with Crippen LogP contribution in [-0.2, 0) is 33.9 Å². The van der Waals surface area contributed by atoms with Crippen LogP contribution in [0.3, 0.4) is 0 Å². The fraction of sp³-hybridized carbons (Fsp3) is 0.316. The summed E-state index contributed by atoms with van der Waals surface area (Å²) < 4.78 is 83.6. The molecule has 152 valence electrons. The van der Waals surface area contributed by atoms with Crippen molar-refractivity contribution >= 4 is 5.97 Å². The number of ether oxygens (including phenoxy) is 1. The summed E-state index contributed by atoms with van der Waals surface area (Å²) in [6, 6.07) is 9.30. The van der Waals surface area contributed by atoms with Crippen molar-refractivity contribution in [1.82, 2.24) is 0 Å². The Morgan fingerprint density at radius 1 is 0.893 bits per heavy atom. The van der Waals surface area contributed by atoms with Crippen molar-refractivity contribution in [2.24, 2.45) is 0 Å². The van der Waals surface area contributed by atoms with Gasteiger partial charge in [0.25, 0.3) is 0 Å². The van der Waals surface area contributed by atoms with E-state index in [0.717, 1.165) is 6.92 Å². The van der Waals surface area contributed by atoms with E-state index in [4.69, 9.17) is 4.74 Å². The molecule has 0 aliphatic heterocycles. The second kappa shape index (κ2) is 7.83. The Morgan fingerprint density at radius 3 is 1.79 bits per heavy atom. The summed E-state index contributed by atoms with van der Waals surface area (Å²) in [6.45, 7) is 0.362. The van der Waals surface area contributed by atoms with Gasteiger partial charge in [-0.2, -0.15) is 26.3 Å². The number of hydrogen-bond donors (Lipinski definition) is 1. The van der Waals surface area contributed by atoms with Crippen molar-refractivity contribution in [2.75, 3.05) is 6.61 Å². The fourth-order valence-electron chi connectivity index (χ4n) is 2.49. The number of halogens is 6. The van der Waals surface area contributed by atoms with E-state index >= 15 is 0 Å². The van der Waals surface area contributed by atoms with Crippen molar-refractivity contribution in [3.05, 3.63) is 70.8 Å². The van der Waals surface area contributed by atoms with Crippen molar-refractivity contribution in [1.29, 1.82) is 0 Å². The molecule has 1 N–H and O–H groups in total. The highest BCUT2D eigenvalue weighted by molar-refractivity contribution is 5.81. The molecule has 0 spiro atoms. The van der Waals surface area contributed by atoms with Crippen LogP contribution in [-0.4, -0.2) is 17.7 Å². The van der Waals surface area contributed by atoms with Gasteiger partial charge in [0.2, 0.25) is 0 Å². The fourth-order valence-corrected chi connectivity index (χ4v) is 2.49. The summed E-state index contributed by atoms with van der Waals surface area (Å²) >= 11 is 0. The lowest BCUT2D eigenvalue weighted by Crippen LogP contribution is -2.38. The molecule has 1 unspecified atom stereocenters. The standard InChI is InChI=1S/C19H16F6O3/c1-17(16(26)27,11-28-10-12-5-3-2-4-6-12)13-7-14(18(20,21)22)9-15(8-13)19(23,24)25/h2-9H,10-11H2,1H3,(H,26,27). The number of carbonyl (C=O) groups is 1. The van der Waals surface area contributed by atoms with Crippen LogP contribution in [0.4, 0.5) is 26.3 Å². The molecule has 2 rings (SSSR count). The first-order chi connectivity index (χ1) is 12.8. The van der Waals surface area contributed by atoms with Crippen LogP contribution in [0.1, 0.15) is 29.2 Å². The molecule has 9 heteroatoms. The van der Waals surface area contributed by atoms with Gasteiger partial charge >= 0.3 is 18.3 Å². The van der Waals surface area contributed by atoms with Gasteiger partial charge < -0.3 is 9.84 Å². The van der Waals surface area contributed by atoms with Gasteiger partial charge in [0.05, 0.1) is 24.3 Å². The lowest BCUT2D eigenvalue weighted by molar-refractivity contribution is -0.148. The smallest absolute Gasteiger partial charge is 0.416 e. The molecule has 2 aromatic carbocycles. The average Bonchev–Trinajstić information content (AvgIpc) is 2.60. The number of benzene rings is 2. The Morgan fingerprint density at radius 2 is 1.36 bits per heavy atom. The third-order valence-electron chi connectivity index (χ3n) is 4.20. The lowest BCUT2D eigenvalue weighted by atomic mass is 9.81. The highest BCUT2D eigenvalue weighted by atomic mass is 19.4. The maximum atomic E-state index is 13.1. The molecule has 0 aliphatic rings. The lowest BCUT2D eigenvalue weighted by Gasteiger charge is -2.27. The normalized spacial score (nSPS) is 14.5. The first-order valence-corrected chi connectivity index (χ1v) is 7.99. The van der Waals surface area contributed by atoms with E-state index in [1.165, 1.54) is 0 Å². The predicted molar refractivity (Wildman–Crippen MR) is 87.5 cm³/mol. The van der Waals surface area contributed by atoms with E-state index in [1.807, 2.05) is 0 Å². The topological polar surface area (TPSA) is 46.5 Å². The van der Waals surface area contributed by atoms with E-state index in [2.05, 4.69) is 0 Å². The molecule has 0 heterocycles. The van der Waals surface area contributed by atoms with E-state index in [0.29, 0.717) is 17.7 Å². The van der Waals surface area contributed by atoms with Crippen LogP contribution in [0.2, 0.25) is 0 Å². The first kappa shape index (κ1) is 21.7. The van der Waals surface area contributed by atoms with Gasteiger partial charge in [-0.1, -0.05) is 30.3 Å². The van der Waals surface area contributed by atoms with E-state index < -0.39 is 47.0 Å². The van der Waals surface area contributed by atoms with Gasteiger partial charge in [0, 0.05) is 0 Å². The average molecular weight is 406 g/mol. The highest BCUT2D eigenvalue weighted by Gasteiger charge is 2.42. The molecule has 0 aromatic heterocycles. The molecular weight excluding hydrogens is 390 g/mol. The summed E-state index contributed by atoms with van der Waals surface area (Å²) in [5.41, 5.74) is -5.23. The third-order valence-corrected chi connectivity index (χ3v) is 4.20. The maximum Gasteiger partial charge on any atom is 0.416 e. The Kier molecular flexibility index (Phi) is 6.08. The molecule has 2 aromatic rings. The van der Waals surface area contributed by atoms with Crippen LogP contribution >= 0.6 is 0 Å². The van der Waals surface area contributed by atoms with Crippen molar-refractivity contribution in [2.45, 2.75) is 31.3 Å². The molecule has 0 fully saturated rings. The van der Waals surface area contributed by atoms with Crippen LogP contribution in [0.15, 0.2) is 48.5 Å². The van der Waals surface area contributed by atoms with Crippen LogP contribution in [0.25, 0.3) is 0 Å². The number of carboxylic acid groups (broad SMARTS) is 1. The van der Waals surface area contributed by atoms with Crippen LogP contribution in [0, 0.1) is 0 Å². The monoisotopic (exact) mass is 406 g/mol. The van der Waals surface area contributed by atoms with E-state index in [1.54, 1.807) is 30.3 Å². The summed E-state index contributed by atoms with van der Waals surface area (Å²) in [5.74, 6) is -1.60. The second-order valence-corrected chi connectivity index (χ2v) is 6.41. The Balaban J connectivity index is 2.41. The van der Waals surface area contributed by atoms with Crippen molar-refractivity contribution < 1.29 is 41.0 Å². The molecule has 0 bridgehead atoms. The Hall–Kier alpha value is -2.55. The zero-order chi connectivity index (χ0) is 21.2. The molecule has 0 aliphatic carbocycles. The van der Waals surface area contributed by atoms with Crippen LogP contribution < -0.4 is 0 Å². The van der Waals surface area contributed by atoms with E-state index in [-0.39, 0.29) is 12.7 Å². The maximum absolute atomic E-state index is 13.1. The first-order valence-electron chi connectivity index (χ1n) is 7.99. The number of hydrogen-bond acceptors (Lipinski definition) is 2. The third kappa shape index (κ3) is 5.03. The van der Waals surface area contributed by atoms with E-state index in [9.17, 15) is 36.2 Å². The van der Waals surface area contributed by atoms with Gasteiger partial charge in [-0.05, 0) is 36.2 Å². The second-order valence-electron chi connectivity index (χ2n) is 6.41. The molecular formula is C19H16F6O3. The number of rotatable bonds is 6. The summed E-state index contributed by atoms with van der Waals surface area (Å²) in [4.78, 5) is 11.7. The molecule has 3 nitrogen and oxygen atoms in total. The van der Waals surface area contributed by atoms with Gasteiger partial charge in [0.15, 0.2) is 0 Å². The van der Waals surface area contributed by atoms with Crippen molar-refractivity contribution in [3.63, 3.8) is 0 Å². The number of carboxylic acids is 1. The van der Waals surface area contributed by atoms with Gasteiger partial charge in [0.1, 0.15) is 5.41 Å². The Labute approximate surface area is 156 Å². The minimum atomic E-state index is -5.07. The summed E-state index contributed by atoms with van der Waals surface area (Å²) in [5, 5.41) is 9.53. The molecule has 28 heavy (non-hydrogen) atoms. The van der Waals surface area contributed by atoms with Crippen LogP contribution in [0.5, 0.6) is 0 Å². The molecule has 0 radical (unpaired) electrons. The number of alkyl halides is 6. The summed E-state index contributed by atoms with van der Waals surface area (Å²) in [7, 11) is 0. The minimum absolute atomic E-state index is 0.0450. The zero-order valence-corrected chi connectivity index (χ0v) is 14.6. The molecule has 0 amide bonds. The molecule has 0 saturated heterocycles. The number of aliphatic carboxylic acids is 1. The highest BCUT2D eigenvalue weighted by Crippen LogP contribution is 2.39. The summed E-state index contributed by atoms with van der Waals surface area (Å²) in [6.07, 6.45) is -10.1. The quantitative estimate of drug-likeness (QED) is 0.664.